The van der Waals surface area contributed by atoms with Crippen LogP contribution in [0.25, 0.3) is 16.7 Å². The van der Waals surface area contributed by atoms with Gasteiger partial charge in [0, 0.05) is 30.5 Å². The minimum atomic E-state index is -0.394. The van der Waals surface area contributed by atoms with E-state index in [1.807, 2.05) is 16.9 Å². The Morgan fingerprint density at radius 3 is 2.84 bits per heavy atom. The fourth-order valence-electron chi connectivity index (χ4n) is 5.42. The number of nitrogens with one attached hydrogen (secondary N) is 1. The lowest BCUT2D eigenvalue weighted by atomic mass is 9.85. The molecule has 9 nitrogen and oxygen atoms in total. The smallest absolute Gasteiger partial charge is 0.320 e. The number of benzene rings is 1. The monoisotopic (exact) mass is 436 g/mol. The molecule has 0 spiro atoms. The molecule has 3 fully saturated rings. The Balaban J connectivity index is 1.44. The van der Waals surface area contributed by atoms with Gasteiger partial charge in [-0.2, -0.15) is 15.1 Å². The predicted octanol–water partition coefficient (Wildman–Crippen LogP) is 1.55. The van der Waals surface area contributed by atoms with Crippen molar-refractivity contribution in [2.24, 2.45) is 0 Å². The lowest BCUT2D eigenvalue weighted by Crippen LogP contribution is -2.39. The maximum Gasteiger partial charge on any atom is 0.320 e. The van der Waals surface area contributed by atoms with Crippen molar-refractivity contribution in [1.82, 2.24) is 25.1 Å². The van der Waals surface area contributed by atoms with Gasteiger partial charge < -0.3 is 24.8 Å². The summed E-state index contributed by atoms with van der Waals surface area (Å²) in [5.74, 6) is 1.62. The molecule has 0 amide bonds. The molecule has 1 aromatic carbocycles. The summed E-state index contributed by atoms with van der Waals surface area (Å²) in [6, 6.07) is 6.97. The van der Waals surface area contributed by atoms with E-state index < -0.39 is 6.10 Å². The number of hydrogen-bond donors (Lipinski definition) is 2. The second-order valence-corrected chi connectivity index (χ2v) is 9.06. The van der Waals surface area contributed by atoms with Crippen molar-refractivity contribution in [2.75, 3.05) is 38.3 Å². The van der Waals surface area contributed by atoms with Crippen molar-refractivity contribution >= 4 is 16.7 Å². The zero-order chi connectivity index (χ0) is 21.8. The molecule has 0 unspecified atom stereocenters. The van der Waals surface area contributed by atoms with Crippen LogP contribution in [0, 0.1) is 6.92 Å². The summed E-state index contributed by atoms with van der Waals surface area (Å²) in [6.07, 6.45) is 3.69. The van der Waals surface area contributed by atoms with E-state index in [0.717, 1.165) is 49.3 Å². The summed E-state index contributed by atoms with van der Waals surface area (Å²) in [4.78, 5) is 11.5. The molecule has 32 heavy (non-hydrogen) atoms. The number of ether oxygens (including phenoxy) is 2. The fourth-order valence-corrected chi connectivity index (χ4v) is 5.42. The molecule has 4 atom stereocenters. The minimum Gasteiger partial charge on any atom is -0.467 e. The molecule has 0 aliphatic carbocycles. The number of rotatable bonds is 4. The Hall–Kier alpha value is -2.75. The number of anilines is 1. The van der Waals surface area contributed by atoms with Gasteiger partial charge in [-0.25, -0.2) is 4.68 Å². The van der Waals surface area contributed by atoms with Gasteiger partial charge in [-0.15, -0.1) is 0 Å². The summed E-state index contributed by atoms with van der Waals surface area (Å²) in [7, 11) is 1.59. The average Bonchev–Trinajstić information content (AvgIpc) is 3.54. The van der Waals surface area contributed by atoms with Gasteiger partial charge in [-0.05, 0) is 49.6 Å². The Kier molecular flexibility index (Phi) is 4.78. The van der Waals surface area contributed by atoms with Crippen LogP contribution in [0.3, 0.4) is 0 Å². The summed E-state index contributed by atoms with van der Waals surface area (Å²) >= 11 is 0. The van der Waals surface area contributed by atoms with Crippen molar-refractivity contribution in [3.63, 3.8) is 0 Å². The zero-order valence-electron chi connectivity index (χ0n) is 18.4. The molecule has 3 aliphatic rings. The molecule has 2 aromatic heterocycles. The first kappa shape index (κ1) is 19.9. The van der Waals surface area contributed by atoms with E-state index in [1.165, 1.54) is 11.1 Å². The highest BCUT2D eigenvalue weighted by atomic mass is 16.5. The van der Waals surface area contributed by atoms with E-state index in [0.29, 0.717) is 24.4 Å². The maximum absolute atomic E-state index is 10.6. The molecule has 6 rings (SSSR count). The highest BCUT2D eigenvalue weighted by Crippen LogP contribution is 2.35. The summed E-state index contributed by atoms with van der Waals surface area (Å²) in [5.41, 5.74) is 3.31. The van der Waals surface area contributed by atoms with E-state index >= 15 is 0 Å². The number of hydrogen-bond acceptors (Lipinski definition) is 8. The van der Waals surface area contributed by atoms with Crippen molar-refractivity contribution in [2.45, 2.75) is 43.9 Å². The standard InChI is InChI=1S/C23H28N6O3/c1-13-5-14-9-25-29(19(14)7-18(13)17-3-4-24-10-20(17)30)22-8-21(26-23(27-22)31-2)28-11-16-6-15(28)12-32-16/h5,7-9,15-17,20,24,30H,3-4,6,10-12H2,1-2H3/t15-,16-,17-,20-/m1/s1. The van der Waals surface area contributed by atoms with Crippen LogP contribution in [0.1, 0.15) is 29.9 Å². The Morgan fingerprint density at radius 1 is 1.22 bits per heavy atom. The first-order chi connectivity index (χ1) is 15.6. The molecule has 0 saturated carbocycles. The van der Waals surface area contributed by atoms with Gasteiger partial charge >= 0.3 is 6.01 Å². The molecule has 3 saturated heterocycles. The number of aryl methyl sites for hydroxylation is 1. The normalized spacial score (nSPS) is 27.4. The third kappa shape index (κ3) is 3.23. The van der Waals surface area contributed by atoms with Crippen LogP contribution in [-0.2, 0) is 4.74 Å². The van der Waals surface area contributed by atoms with Crippen molar-refractivity contribution in [1.29, 1.82) is 0 Å². The first-order valence-corrected chi connectivity index (χ1v) is 11.3. The van der Waals surface area contributed by atoms with E-state index in [-0.39, 0.29) is 12.0 Å². The number of aliphatic hydroxyl groups is 1. The van der Waals surface area contributed by atoms with Crippen LogP contribution < -0.4 is 15.0 Å². The lowest BCUT2D eigenvalue weighted by molar-refractivity contribution is 0.0988. The average molecular weight is 437 g/mol. The van der Waals surface area contributed by atoms with E-state index in [4.69, 9.17) is 9.47 Å². The number of piperidine rings is 1. The Morgan fingerprint density at radius 2 is 2.09 bits per heavy atom. The van der Waals surface area contributed by atoms with Gasteiger partial charge in [0.25, 0.3) is 0 Å². The second-order valence-electron chi connectivity index (χ2n) is 9.06. The molecule has 2 N–H and O–H groups in total. The molecule has 3 aliphatic heterocycles. The topological polar surface area (TPSA) is 97.6 Å². The molecule has 0 radical (unpaired) electrons. The second kappa shape index (κ2) is 7.68. The van der Waals surface area contributed by atoms with Crippen LogP contribution >= 0.6 is 0 Å². The van der Waals surface area contributed by atoms with Crippen LogP contribution in [0.15, 0.2) is 24.4 Å². The third-order valence-electron chi connectivity index (χ3n) is 7.08. The molecule has 168 valence electrons. The number of fused-ring (bicyclic) bond motifs is 3. The van der Waals surface area contributed by atoms with Crippen molar-refractivity contribution in [3.05, 3.63) is 35.5 Å². The van der Waals surface area contributed by atoms with Gasteiger partial charge in [-0.3, -0.25) is 0 Å². The molecular formula is C23H28N6O3. The molecule has 9 heteroatoms. The zero-order valence-corrected chi connectivity index (χ0v) is 18.4. The van der Waals surface area contributed by atoms with E-state index in [1.54, 1.807) is 7.11 Å². The first-order valence-electron chi connectivity index (χ1n) is 11.3. The Bertz CT molecular complexity index is 1160. The summed E-state index contributed by atoms with van der Waals surface area (Å²) in [5, 5.41) is 19.6. The van der Waals surface area contributed by atoms with Crippen LogP contribution in [0.4, 0.5) is 5.82 Å². The highest BCUT2D eigenvalue weighted by Gasteiger charge is 2.40. The highest BCUT2D eigenvalue weighted by molar-refractivity contribution is 5.82. The van der Waals surface area contributed by atoms with Gasteiger partial charge in [0.1, 0.15) is 5.82 Å². The Labute approximate surface area is 186 Å². The quantitative estimate of drug-likeness (QED) is 0.636. The van der Waals surface area contributed by atoms with E-state index in [9.17, 15) is 5.11 Å². The molecular weight excluding hydrogens is 408 g/mol. The van der Waals surface area contributed by atoms with Crippen LogP contribution in [0.2, 0.25) is 0 Å². The largest absolute Gasteiger partial charge is 0.467 e. The SMILES string of the molecule is COc1nc(N2C[C@H]3C[C@@H]2CO3)cc(-n2ncc3cc(C)c([C@H]4CCNC[C@H]4O)cc32)n1. The van der Waals surface area contributed by atoms with Crippen LogP contribution in [0.5, 0.6) is 6.01 Å². The maximum atomic E-state index is 10.6. The molecule has 5 heterocycles. The predicted molar refractivity (Wildman–Crippen MR) is 120 cm³/mol. The number of methoxy groups -OCH3 is 1. The third-order valence-corrected chi connectivity index (χ3v) is 7.08. The number of morpholine rings is 1. The lowest BCUT2D eigenvalue weighted by Gasteiger charge is -2.30. The molecule has 3 aromatic rings. The van der Waals surface area contributed by atoms with Gasteiger partial charge in [-0.1, -0.05) is 0 Å². The summed E-state index contributed by atoms with van der Waals surface area (Å²) in [6.45, 7) is 5.21. The van der Waals surface area contributed by atoms with Crippen molar-refractivity contribution in [3.8, 4) is 11.8 Å². The number of β-amino-alcohol motifs (C(OH)–C–C–N with tert-alkyl or cyclic N) is 1. The minimum absolute atomic E-state index is 0.111. The van der Waals surface area contributed by atoms with Gasteiger partial charge in [0.2, 0.25) is 0 Å². The van der Waals surface area contributed by atoms with Crippen LogP contribution in [-0.4, -0.2) is 76.5 Å². The summed E-state index contributed by atoms with van der Waals surface area (Å²) < 4.78 is 13.0. The number of aromatic nitrogens is 4. The van der Waals surface area contributed by atoms with E-state index in [2.05, 4.69) is 44.3 Å². The van der Waals surface area contributed by atoms with Gasteiger partial charge in [0.15, 0.2) is 5.82 Å². The fraction of sp³-hybridized carbons (Fsp3) is 0.522. The number of nitrogens with zero attached hydrogens (tertiary/aromatic N) is 5. The molecule has 2 bridgehead atoms. The number of aliphatic hydroxyl groups excluding tert-OH is 1. The van der Waals surface area contributed by atoms with Gasteiger partial charge in [0.05, 0.1) is 43.7 Å². The van der Waals surface area contributed by atoms with Crippen molar-refractivity contribution < 1.29 is 14.6 Å².